The Morgan fingerprint density at radius 2 is 2.03 bits per heavy atom. The topological polar surface area (TPSA) is 162 Å². The van der Waals surface area contributed by atoms with Crippen LogP contribution >= 0.6 is 0 Å². The van der Waals surface area contributed by atoms with E-state index >= 15 is 0 Å². The molecule has 30 heavy (non-hydrogen) atoms. The number of fused-ring (bicyclic) bond motifs is 1. The second-order valence-corrected chi connectivity index (χ2v) is 6.29. The Kier molecular flexibility index (Phi) is 5.20. The maximum atomic E-state index is 14.8. The van der Waals surface area contributed by atoms with Crippen molar-refractivity contribution in [1.82, 2.24) is 25.0 Å². The van der Waals surface area contributed by atoms with E-state index in [1.165, 1.54) is 0 Å². The minimum atomic E-state index is -1.99. The highest BCUT2D eigenvalue weighted by molar-refractivity contribution is 6.06. The van der Waals surface area contributed by atoms with Crippen LogP contribution in [0, 0.1) is 0 Å². The van der Waals surface area contributed by atoms with Crippen molar-refractivity contribution in [2.45, 2.75) is 24.6 Å². The zero-order valence-corrected chi connectivity index (χ0v) is 15.1. The number of hydrogen-bond donors (Lipinski definition) is 3. The number of halogens is 1. The molecular formula is C17H15FN6O6. The third-order valence-corrected chi connectivity index (χ3v) is 4.45. The predicted octanol–water partition coefficient (Wildman–Crippen LogP) is 0.765. The number of carboxylic acid groups (broad SMARTS) is 1. The number of rotatable bonds is 5. The van der Waals surface area contributed by atoms with Crippen molar-refractivity contribution in [2.24, 2.45) is 0 Å². The van der Waals surface area contributed by atoms with Crippen LogP contribution in [0.2, 0.25) is 0 Å². The number of carbonyl (C=O) groups is 2. The Morgan fingerprint density at radius 3 is 2.73 bits per heavy atom. The molecule has 2 aromatic heterocycles. The minimum absolute atomic E-state index is 0.0358. The highest BCUT2D eigenvalue weighted by Crippen LogP contribution is 2.35. The lowest BCUT2D eigenvalue weighted by molar-refractivity contribution is -0.0561. The lowest BCUT2D eigenvalue weighted by Crippen LogP contribution is -2.35. The van der Waals surface area contributed by atoms with Gasteiger partial charge in [-0.05, 0) is 12.1 Å². The number of hydrogen-bond acceptors (Lipinski definition) is 9. The molecule has 4 rings (SSSR count). The Morgan fingerprint density at radius 1 is 1.27 bits per heavy atom. The number of alkyl halides is 1. The smallest absolute Gasteiger partial charge is 0.450 e. The van der Waals surface area contributed by atoms with Gasteiger partial charge in [-0.15, -0.1) is 5.10 Å². The monoisotopic (exact) mass is 418 g/mol. The average molecular weight is 418 g/mol. The molecule has 0 spiro atoms. The van der Waals surface area contributed by atoms with Crippen LogP contribution in [0.15, 0.2) is 36.7 Å². The molecule has 1 fully saturated rings. The van der Waals surface area contributed by atoms with Gasteiger partial charge in [0.1, 0.15) is 12.4 Å². The molecule has 156 valence electrons. The Balaban J connectivity index is 1.63. The van der Waals surface area contributed by atoms with Crippen LogP contribution in [0.3, 0.4) is 0 Å². The van der Waals surface area contributed by atoms with Gasteiger partial charge in [0.05, 0.1) is 6.61 Å². The number of anilines is 1. The van der Waals surface area contributed by atoms with E-state index in [-0.39, 0.29) is 17.0 Å². The molecule has 0 unspecified atom stereocenters. The van der Waals surface area contributed by atoms with Gasteiger partial charge in [-0.1, -0.05) is 23.4 Å². The molecule has 13 heteroatoms. The lowest BCUT2D eigenvalue weighted by Gasteiger charge is -2.15. The Hall–Kier alpha value is -3.71. The van der Waals surface area contributed by atoms with E-state index in [2.05, 4.69) is 30.3 Å². The SMILES string of the molecule is O=C(O)O[C@H]1[C@H](F)[C@H](n2nnc3c(NC(=O)c4ccccc4)ncnc32)O[C@@H]1CO. The van der Waals surface area contributed by atoms with Crippen molar-refractivity contribution in [2.75, 3.05) is 11.9 Å². The second kappa shape index (κ2) is 7.96. The molecule has 0 radical (unpaired) electrons. The maximum absolute atomic E-state index is 14.8. The fraction of sp³-hybridized carbons (Fsp3) is 0.294. The van der Waals surface area contributed by atoms with Crippen molar-refractivity contribution in [1.29, 1.82) is 0 Å². The van der Waals surface area contributed by atoms with E-state index < -0.39 is 43.3 Å². The van der Waals surface area contributed by atoms with E-state index in [9.17, 15) is 19.1 Å². The lowest BCUT2D eigenvalue weighted by atomic mass is 10.1. The van der Waals surface area contributed by atoms with E-state index in [1.54, 1.807) is 30.3 Å². The molecule has 3 aromatic rings. The molecule has 0 aliphatic carbocycles. The first-order chi connectivity index (χ1) is 14.5. The number of nitrogens with zero attached hydrogens (tertiary/aromatic N) is 5. The Labute approximate surface area is 167 Å². The van der Waals surface area contributed by atoms with Crippen LogP contribution in [-0.2, 0) is 9.47 Å². The summed E-state index contributed by atoms with van der Waals surface area (Å²) in [5.74, 6) is -0.397. The summed E-state index contributed by atoms with van der Waals surface area (Å²) in [6.07, 6.45) is -6.82. The summed E-state index contributed by atoms with van der Waals surface area (Å²) >= 11 is 0. The highest BCUT2D eigenvalue weighted by atomic mass is 19.1. The number of carbonyl (C=O) groups excluding carboxylic acids is 1. The summed E-state index contributed by atoms with van der Waals surface area (Å²) in [6, 6.07) is 8.39. The van der Waals surface area contributed by atoms with E-state index in [0.29, 0.717) is 5.56 Å². The first-order valence-electron chi connectivity index (χ1n) is 8.72. The summed E-state index contributed by atoms with van der Waals surface area (Å²) in [6.45, 7) is -0.672. The van der Waals surface area contributed by atoms with Crippen molar-refractivity contribution in [3.63, 3.8) is 0 Å². The summed E-state index contributed by atoms with van der Waals surface area (Å²) in [5.41, 5.74) is 0.494. The quantitative estimate of drug-likeness (QED) is 0.504. The van der Waals surface area contributed by atoms with Gasteiger partial charge in [-0.25, -0.2) is 19.2 Å². The molecule has 4 atom stereocenters. The van der Waals surface area contributed by atoms with E-state index in [1.807, 2.05) is 0 Å². The number of benzene rings is 1. The second-order valence-electron chi connectivity index (χ2n) is 6.29. The van der Waals surface area contributed by atoms with Crippen LogP contribution in [0.1, 0.15) is 16.6 Å². The van der Waals surface area contributed by atoms with Gasteiger partial charge >= 0.3 is 6.16 Å². The molecule has 1 amide bonds. The number of ether oxygens (including phenoxy) is 2. The average Bonchev–Trinajstić information content (AvgIpc) is 3.30. The summed E-state index contributed by atoms with van der Waals surface area (Å²) < 4.78 is 25.7. The van der Waals surface area contributed by atoms with Crippen molar-refractivity contribution in [3.8, 4) is 0 Å². The molecule has 1 saturated heterocycles. The highest BCUT2D eigenvalue weighted by Gasteiger charge is 2.49. The molecule has 1 aliphatic rings. The molecular weight excluding hydrogens is 403 g/mol. The Bertz CT molecular complexity index is 1080. The number of aliphatic hydroxyl groups is 1. The van der Waals surface area contributed by atoms with Gasteiger partial charge in [0.2, 0.25) is 0 Å². The van der Waals surface area contributed by atoms with Crippen LogP contribution in [-0.4, -0.2) is 72.2 Å². The van der Waals surface area contributed by atoms with Crippen LogP contribution < -0.4 is 5.32 Å². The minimum Gasteiger partial charge on any atom is -0.450 e. The van der Waals surface area contributed by atoms with Crippen molar-refractivity contribution >= 4 is 29.0 Å². The zero-order valence-electron chi connectivity index (χ0n) is 15.1. The fourth-order valence-electron chi connectivity index (χ4n) is 3.09. The summed E-state index contributed by atoms with van der Waals surface area (Å²) in [4.78, 5) is 31.2. The van der Waals surface area contributed by atoms with E-state index in [0.717, 1.165) is 11.0 Å². The number of amides is 1. The zero-order chi connectivity index (χ0) is 21.3. The van der Waals surface area contributed by atoms with Gasteiger partial charge in [-0.2, -0.15) is 4.68 Å². The van der Waals surface area contributed by atoms with Gasteiger partial charge in [0.15, 0.2) is 35.5 Å². The molecule has 0 saturated carbocycles. The fourth-order valence-corrected chi connectivity index (χ4v) is 3.09. The van der Waals surface area contributed by atoms with Gasteiger partial charge in [0, 0.05) is 5.56 Å². The first-order valence-corrected chi connectivity index (χ1v) is 8.72. The molecule has 3 N–H and O–H groups in total. The van der Waals surface area contributed by atoms with Crippen molar-refractivity contribution < 1.29 is 33.7 Å². The normalized spacial score (nSPS) is 23.4. The summed E-state index contributed by atoms with van der Waals surface area (Å²) in [7, 11) is 0. The standard InChI is InChI=1S/C17H15FN6O6/c18-10-12(30-17(27)28)9(6-25)29-16(10)24-14-11(22-23-24)13(19-7-20-14)21-15(26)8-4-2-1-3-5-8/h1-5,7,9-10,12,16,25H,6H2,(H,27,28)(H,19,20,21,26)/t9-,10+,12-,16-/m1/s1. The third kappa shape index (κ3) is 3.51. The van der Waals surface area contributed by atoms with E-state index in [4.69, 9.17) is 9.84 Å². The maximum Gasteiger partial charge on any atom is 0.506 e. The molecule has 3 heterocycles. The van der Waals surface area contributed by atoms with Gasteiger partial charge < -0.3 is 25.0 Å². The number of nitrogens with one attached hydrogen (secondary N) is 1. The van der Waals surface area contributed by atoms with Crippen molar-refractivity contribution in [3.05, 3.63) is 42.2 Å². The number of aliphatic hydroxyl groups excluding tert-OH is 1. The molecule has 1 aromatic carbocycles. The third-order valence-electron chi connectivity index (χ3n) is 4.45. The summed E-state index contributed by atoms with van der Waals surface area (Å²) in [5, 5.41) is 28.4. The molecule has 1 aliphatic heterocycles. The van der Waals surface area contributed by atoms with Crippen LogP contribution in [0.5, 0.6) is 0 Å². The largest absolute Gasteiger partial charge is 0.506 e. The first kappa shape index (κ1) is 19.6. The predicted molar refractivity (Wildman–Crippen MR) is 96.3 cm³/mol. The molecule has 0 bridgehead atoms. The van der Waals surface area contributed by atoms with Crippen LogP contribution in [0.4, 0.5) is 15.0 Å². The van der Waals surface area contributed by atoms with Gasteiger partial charge in [-0.3, -0.25) is 4.79 Å². The number of aromatic nitrogens is 5. The molecule has 12 nitrogen and oxygen atoms in total. The van der Waals surface area contributed by atoms with Crippen LogP contribution in [0.25, 0.3) is 11.2 Å². The van der Waals surface area contributed by atoms with Gasteiger partial charge in [0.25, 0.3) is 5.91 Å².